The van der Waals surface area contributed by atoms with E-state index in [1.54, 1.807) is 12.1 Å². The van der Waals surface area contributed by atoms with Crippen molar-refractivity contribution in [3.8, 4) is 5.75 Å². The van der Waals surface area contributed by atoms with Gasteiger partial charge in [-0.3, -0.25) is 0 Å². The topological polar surface area (TPSA) is 44.8 Å². The van der Waals surface area contributed by atoms with E-state index in [0.717, 1.165) is 11.6 Å². The van der Waals surface area contributed by atoms with E-state index in [1.165, 1.54) is 24.3 Å². The molecule has 2 aromatic carbocycles. The van der Waals surface area contributed by atoms with Crippen LogP contribution in [0.5, 0.6) is 5.75 Å². The molecule has 2 aromatic rings. The molecule has 130 valence electrons. The van der Waals surface area contributed by atoms with E-state index >= 15 is 0 Å². The highest BCUT2D eigenvalue weighted by molar-refractivity contribution is 6.32. The average molecular weight is 383 g/mol. The van der Waals surface area contributed by atoms with Gasteiger partial charge in [0.05, 0.1) is 11.6 Å². The van der Waals surface area contributed by atoms with Crippen molar-refractivity contribution >= 4 is 35.2 Å². The molecule has 0 atom stereocenters. The smallest absolute Gasteiger partial charge is 0.331 e. The average Bonchev–Trinajstić information content (AvgIpc) is 2.59. The van der Waals surface area contributed by atoms with Gasteiger partial charge in [0.25, 0.3) is 0 Å². The van der Waals surface area contributed by atoms with Crippen LogP contribution < -0.4 is 4.74 Å². The van der Waals surface area contributed by atoms with Crippen molar-refractivity contribution in [1.82, 2.24) is 0 Å². The summed E-state index contributed by atoms with van der Waals surface area (Å²) in [6.07, 6.45) is 2.39. The van der Waals surface area contributed by atoms with Crippen molar-refractivity contribution in [2.75, 3.05) is 6.79 Å². The number of carbonyl (C=O) groups is 1. The molecule has 0 unspecified atom stereocenters. The second-order valence-electron chi connectivity index (χ2n) is 5.24. The number of benzene rings is 2. The van der Waals surface area contributed by atoms with Crippen LogP contribution in [-0.2, 0) is 27.5 Å². The van der Waals surface area contributed by atoms with Gasteiger partial charge in [0.1, 0.15) is 18.2 Å². The van der Waals surface area contributed by atoms with Gasteiger partial charge in [-0.15, -0.1) is 0 Å². The summed E-state index contributed by atoms with van der Waals surface area (Å²) in [5, 5.41) is 0.703. The standard InChI is InChI=1S/C18H13Cl2FO4/c19-13-6-11-8-23-10-25-18(11)12(7-13)9-24-17(22)5-4-14-15(20)2-1-3-16(14)21/h1-7H,8-10H2/b5-4+. The zero-order valence-corrected chi connectivity index (χ0v) is 14.4. The summed E-state index contributed by atoms with van der Waals surface area (Å²) in [6.45, 7) is 0.473. The SMILES string of the molecule is O=C(/C=C/c1c(F)cccc1Cl)OCc1cc(Cl)cc2c1OCOC2. The number of rotatable bonds is 4. The molecule has 7 heteroatoms. The lowest BCUT2D eigenvalue weighted by molar-refractivity contribution is -0.139. The van der Waals surface area contributed by atoms with Crippen molar-refractivity contribution in [3.05, 3.63) is 69.0 Å². The number of fused-ring (bicyclic) bond motifs is 1. The zero-order valence-electron chi connectivity index (χ0n) is 12.9. The lowest BCUT2D eigenvalue weighted by atomic mass is 10.1. The highest BCUT2D eigenvalue weighted by Gasteiger charge is 2.17. The Kier molecular flexibility index (Phi) is 5.58. The van der Waals surface area contributed by atoms with Crippen LogP contribution in [0.1, 0.15) is 16.7 Å². The Morgan fingerprint density at radius 3 is 2.96 bits per heavy atom. The fraction of sp³-hybridized carbons (Fsp3) is 0.167. The Bertz CT molecular complexity index is 816. The van der Waals surface area contributed by atoms with Crippen molar-refractivity contribution in [2.24, 2.45) is 0 Å². The minimum Gasteiger partial charge on any atom is -0.467 e. The van der Waals surface area contributed by atoms with Crippen LogP contribution in [0, 0.1) is 5.82 Å². The number of hydrogen-bond donors (Lipinski definition) is 0. The van der Waals surface area contributed by atoms with Crippen molar-refractivity contribution < 1.29 is 23.4 Å². The molecule has 0 saturated carbocycles. The summed E-state index contributed by atoms with van der Waals surface area (Å²) in [6, 6.07) is 7.68. The summed E-state index contributed by atoms with van der Waals surface area (Å²) >= 11 is 11.9. The maximum atomic E-state index is 13.7. The number of carbonyl (C=O) groups excluding carboxylic acids is 1. The van der Waals surface area contributed by atoms with Crippen LogP contribution >= 0.6 is 23.2 Å². The summed E-state index contributed by atoms with van der Waals surface area (Å²) in [5.74, 6) is -0.557. The largest absolute Gasteiger partial charge is 0.467 e. The van der Waals surface area contributed by atoms with E-state index in [9.17, 15) is 9.18 Å². The fourth-order valence-electron chi connectivity index (χ4n) is 2.38. The lowest BCUT2D eigenvalue weighted by Gasteiger charge is -2.20. The molecule has 25 heavy (non-hydrogen) atoms. The summed E-state index contributed by atoms with van der Waals surface area (Å²) < 4.78 is 29.5. The Hall–Kier alpha value is -2.08. The Balaban J connectivity index is 1.69. The van der Waals surface area contributed by atoms with Crippen molar-refractivity contribution in [2.45, 2.75) is 13.2 Å². The summed E-state index contributed by atoms with van der Waals surface area (Å²) in [5.41, 5.74) is 1.55. The molecule has 0 fully saturated rings. The lowest BCUT2D eigenvalue weighted by Crippen LogP contribution is -2.14. The Morgan fingerprint density at radius 2 is 2.16 bits per heavy atom. The molecular formula is C18H13Cl2FO4. The molecule has 0 aromatic heterocycles. The van der Waals surface area contributed by atoms with E-state index < -0.39 is 11.8 Å². The van der Waals surface area contributed by atoms with Gasteiger partial charge in [0.15, 0.2) is 6.79 Å². The first-order valence-corrected chi connectivity index (χ1v) is 8.11. The molecule has 0 amide bonds. The van der Waals surface area contributed by atoms with Crippen LogP contribution in [-0.4, -0.2) is 12.8 Å². The highest BCUT2D eigenvalue weighted by Crippen LogP contribution is 2.32. The first kappa shape index (κ1) is 17.7. The van der Waals surface area contributed by atoms with Crippen molar-refractivity contribution in [3.63, 3.8) is 0 Å². The van der Waals surface area contributed by atoms with E-state index in [-0.39, 0.29) is 24.0 Å². The normalized spacial score (nSPS) is 13.4. The van der Waals surface area contributed by atoms with Gasteiger partial charge < -0.3 is 14.2 Å². The van der Waals surface area contributed by atoms with Crippen LogP contribution in [0.3, 0.4) is 0 Å². The minimum absolute atomic E-state index is 0.0307. The summed E-state index contributed by atoms with van der Waals surface area (Å²) in [4.78, 5) is 11.9. The number of esters is 1. The second kappa shape index (κ2) is 7.87. The third-order valence-electron chi connectivity index (χ3n) is 3.51. The van der Waals surface area contributed by atoms with Gasteiger partial charge in [-0.1, -0.05) is 29.3 Å². The number of hydrogen-bond acceptors (Lipinski definition) is 4. The van der Waals surface area contributed by atoms with E-state index in [2.05, 4.69) is 0 Å². The molecule has 0 N–H and O–H groups in total. The van der Waals surface area contributed by atoms with Gasteiger partial charge >= 0.3 is 5.97 Å². The molecule has 3 rings (SSSR count). The van der Waals surface area contributed by atoms with Crippen molar-refractivity contribution in [1.29, 1.82) is 0 Å². The molecule has 1 aliphatic rings. The predicted octanol–water partition coefficient (Wildman–Crippen LogP) is 4.76. The molecular weight excluding hydrogens is 370 g/mol. The maximum Gasteiger partial charge on any atom is 0.331 e. The van der Waals surface area contributed by atoms with Crippen LogP contribution in [0.2, 0.25) is 10.0 Å². The van der Waals surface area contributed by atoms with Gasteiger partial charge in [-0.05, 0) is 30.3 Å². The van der Waals surface area contributed by atoms with Gasteiger partial charge in [0.2, 0.25) is 0 Å². The van der Waals surface area contributed by atoms with E-state index in [0.29, 0.717) is 22.9 Å². The second-order valence-corrected chi connectivity index (χ2v) is 6.08. The Labute approximate surface area is 153 Å². The predicted molar refractivity (Wildman–Crippen MR) is 92.0 cm³/mol. The molecule has 1 aliphatic heterocycles. The molecule has 0 bridgehead atoms. The van der Waals surface area contributed by atoms with Gasteiger partial charge in [-0.2, -0.15) is 0 Å². The van der Waals surface area contributed by atoms with Gasteiger partial charge in [-0.25, -0.2) is 9.18 Å². The van der Waals surface area contributed by atoms with Crippen LogP contribution in [0.4, 0.5) is 4.39 Å². The number of ether oxygens (including phenoxy) is 3. The Morgan fingerprint density at radius 1 is 1.32 bits per heavy atom. The molecule has 1 heterocycles. The van der Waals surface area contributed by atoms with Crippen LogP contribution in [0.15, 0.2) is 36.4 Å². The van der Waals surface area contributed by atoms with E-state index in [1.807, 2.05) is 0 Å². The van der Waals surface area contributed by atoms with Gasteiger partial charge in [0, 0.05) is 27.8 Å². The van der Waals surface area contributed by atoms with Crippen LogP contribution in [0.25, 0.3) is 6.08 Å². The zero-order chi connectivity index (χ0) is 17.8. The highest BCUT2D eigenvalue weighted by atomic mass is 35.5. The minimum atomic E-state index is -0.639. The molecule has 0 spiro atoms. The quantitative estimate of drug-likeness (QED) is 0.564. The third-order valence-corrected chi connectivity index (χ3v) is 4.06. The first-order valence-electron chi connectivity index (χ1n) is 7.35. The monoisotopic (exact) mass is 382 g/mol. The summed E-state index contributed by atoms with van der Waals surface area (Å²) in [7, 11) is 0. The third kappa shape index (κ3) is 4.31. The molecule has 0 aliphatic carbocycles. The number of halogens is 3. The fourth-order valence-corrected chi connectivity index (χ4v) is 2.87. The molecule has 0 radical (unpaired) electrons. The maximum absolute atomic E-state index is 13.7. The molecule has 4 nitrogen and oxygen atoms in total. The first-order chi connectivity index (χ1) is 12.0. The van der Waals surface area contributed by atoms with E-state index in [4.69, 9.17) is 37.4 Å². The molecule has 0 saturated heterocycles.